The molecule has 0 unspecified atom stereocenters. The summed E-state index contributed by atoms with van der Waals surface area (Å²) in [6, 6.07) is 7.26. The van der Waals surface area contributed by atoms with Gasteiger partial charge in [-0.15, -0.1) is 5.10 Å². The minimum absolute atomic E-state index is 0.112. The van der Waals surface area contributed by atoms with E-state index >= 15 is 0 Å². The third kappa shape index (κ3) is 2.92. The highest BCUT2D eigenvalue weighted by Gasteiger charge is 2.15. The first-order chi connectivity index (χ1) is 8.35. The van der Waals surface area contributed by atoms with Gasteiger partial charge in [0.1, 0.15) is 0 Å². The average molecular weight is 266 g/mol. The molecule has 0 spiro atoms. The van der Waals surface area contributed by atoms with Crippen LogP contribution in [0.15, 0.2) is 24.3 Å². The summed E-state index contributed by atoms with van der Waals surface area (Å²) >= 11 is 5.84. The highest BCUT2D eigenvalue weighted by atomic mass is 35.5. The van der Waals surface area contributed by atoms with Gasteiger partial charge < -0.3 is 11.1 Å². The summed E-state index contributed by atoms with van der Waals surface area (Å²) in [6.45, 7) is 6.10. The number of nitrogens with one attached hydrogen (secondary N) is 1. The average Bonchev–Trinajstić information content (AvgIpc) is 2.58. The van der Waals surface area contributed by atoms with Crippen LogP contribution in [0, 0.1) is 0 Å². The van der Waals surface area contributed by atoms with Gasteiger partial charge in [0.2, 0.25) is 11.9 Å². The molecule has 6 heteroatoms. The van der Waals surface area contributed by atoms with Crippen LogP contribution in [0.1, 0.15) is 20.8 Å². The highest BCUT2D eigenvalue weighted by molar-refractivity contribution is 6.30. The second-order valence-corrected chi connectivity index (χ2v) is 5.49. The van der Waals surface area contributed by atoms with E-state index in [2.05, 4.69) is 15.4 Å². The molecule has 0 fully saturated rings. The van der Waals surface area contributed by atoms with Crippen molar-refractivity contribution in [2.75, 3.05) is 11.1 Å². The Balaban J connectivity index is 2.32. The van der Waals surface area contributed by atoms with Crippen LogP contribution in [0.5, 0.6) is 0 Å². The lowest BCUT2D eigenvalue weighted by molar-refractivity contribution is 0.625. The van der Waals surface area contributed by atoms with Crippen LogP contribution in [-0.4, -0.2) is 20.3 Å². The number of nitrogen functional groups attached to an aromatic ring is 1. The van der Waals surface area contributed by atoms with E-state index in [1.54, 1.807) is 16.8 Å². The second-order valence-electron chi connectivity index (χ2n) is 5.06. The zero-order valence-electron chi connectivity index (χ0n) is 10.6. The molecule has 96 valence electrons. The van der Waals surface area contributed by atoms with Gasteiger partial charge in [0.05, 0.1) is 5.69 Å². The first-order valence-corrected chi connectivity index (χ1v) is 6.00. The Hall–Kier alpha value is -1.75. The highest BCUT2D eigenvalue weighted by Crippen LogP contribution is 2.18. The van der Waals surface area contributed by atoms with Crippen molar-refractivity contribution in [1.29, 1.82) is 0 Å². The van der Waals surface area contributed by atoms with E-state index in [0.717, 1.165) is 5.69 Å². The number of rotatable bonds is 2. The van der Waals surface area contributed by atoms with Crippen molar-refractivity contribution in [1.82, 2.24) is 14.8 Å². The molecule has 2 rings (SSSR count). The number of nitrogens with zero attached hydrogens (tertiary/aromatic N) is 3. The molecule has 1 aromatic heterocycles. The summed E-state index contributed by atoms with van der Waals surface area (Å²) in [5.41, 5.74) is 6.56. The summed E-state index contributed by atoms with van der Waals surface area (Å²) in [7, 11) is 0. The quantitative estimate of drug-likeness (QED) is 0.876. The predicted molar refractivity (Wildman–Crippen MR) is 74.2 cm³/mol. The smallest absolute Gasteiger partial charge is 0.244 e. The normalized spacial score (nSPS) is 11.6. The van der Waals surface area contributed by atoms with Crippen LogP contribution in [0.3, 0.4) is 0 Å². The molecule has 5 nitrogen and oxygen atoms in total. The maximum Gasteiger partial charge on any atom is 0.244 e. The Morgan fingerprint density at radius 2 is 1.83 bits per heavy atom. The topological polar surface area (TPSA) is 68.8 Å². The molecule has 0 amide bonds. The van der Waals surface area contributed by atoms with Crippen LogP contribution in [-0.2, 0) is 0 Å². The van der Waals surface area contributed by atoms with Gasteiger partial charge in [-0.2, -0.15) is 9.67 Å². The van der Waals surface area contributed by atoms with E-state index in [0.29, 0.717) is 16.9 Å². The van der Waals surface area contributed by atoms with E-state index in [9.17, 15) is 0 Å². The lowest BCUT2D eigenvalue weighted by Gasteiger charge is -2.18. The Morgan fingerprint density at radius 1 is 1.22 bits per heavy atom. The van der Waals surface area contributed by atoms with Gasteiger partial charge in [0.25, 0.3) is 0 Å². The van der Waals surface area contributed by atoms with E-state index < -0.39 is 0 Å². The van der Waals surface area contributed by atoms with Gasteiger partial charge in [-0.25, -0.2) is 0 Å². The summed E-state index contributed by atoms with van der Waals surface area (Å²) < 4.78 is 1.57. The van der Waals surface area contributed by atoms with Crippen LogP contribution >= 0.6 is 11.6 Å². The molecule has 18 heavy (non-hydrogen) atoms. The summed E-state index contributed by atoms with van der Waals surface area (Å²) in [6.07, 6.45) is 0. The lowest BCUT2D eigenvalue weighted by atomic mass is 10.1. The summed E-state index contributed by atoms with van der Waals surface area (Å²) in [5.74, 6) is 0.846. The van der Waals surface area contributed by atoms with Crippen molar-refractivity contribution in [2.24, 2.45) is 0 Å². The summed E-state index contributed by atoms with van der Waals surface area (Å²) in [4.78, 5) is 4.18. The number of halogens is 1. The minimum Gasteiger partial charge on any atom is -0.368 e. The largest absolute Gasteiger partial charge is 0.368 e. The SMILES string of the molecule is CC(C)(C)Nc1nc(N)n(-c2ccc(Cl)cc2)n1. The molecule has 2 aromatic rings. The number of hydrogen-bond donors (Lipinski definition) is 2. The molecule has 0 radical (unpaired) electrons. The second kappa shape index (κ2) is 4.49. The molecule has 0 saturated carbocycles. The first kappa shape index (κ1) is 12.7. The molecular weight excluding hydrogens is 250 g/mol. The Morgan fingerprint density at radius 3 is 2.39 bits per heavy atom. The molecule has 0 aliphatic heterocycles. The minimum atomic E-state index is -0.112. The monoisotopic (exact) mass is 265 g/mol. The fraction of sp³-hybridized carbons (Fsp3) is 0.333. The third-order valence-corrected chi connectivity index (χ3v) is 2.44. The number of hydrogen-bond acceptors (Lipinski definition) is 4. The predicted octanol–water partition coefficient (Wildman–Crippen LogP) is 2.71. The third-order valence-electron chi connectivity index (χ3n) is 2.19. The van der Waals surface area contributed by atoms with E-state index in [4.69, 9.17) is 17.3 Å². The van der Waals surface area contributed by atoms with Gasteiger partial charge >= 0.3 is 0 Å². The van der Waals surface area contributed by atoms with Crippen molar-refractivity contribution in [2.45, 2.75) is 26.3 Å². The molecule has 0 aliphatic rings. The Kier molecular flexibility index (Phi) is 3.17. The van der Waals surface area contributed by atoms with Gasteiger partial charge in [-0.1, -0.05) is 11.6 Å². The Bertz CT molecular complexity index is 539. The molecule has 0 bridgehead atoms. The number of aromatic nitrogens is 3. The molecule has 0 aliphatic carbocycles. The van der Waals surface area contributed by atoms with Crippen LogP contribution in [0.25, 0.3) is 5.69 Å². The van der Waals surface area contributed by atoms with Crippen molar-refractivity contribution in [3.8, 4) is 5.69 Å². The molecule has 1 aromatic carbocycles. The van der Waals surface area contributed by atoms with Crippen molar-refractivity contribution in [3.05, 3.63) is 29.3 Å². The van der Waals surface area contributed by atoms with Crippen LogP contribution in [0.4, 0.5) is 11.9 Å². The van der Waals surface area contributed by atoms with Gasteiger partial charge in [-0.3, -0.25) is 0 Å². The number of anilines is 2. The molecule has 1 heterocycles. The van der Waals surface area contributed by atoms with Crippen LogP contribution < -0.4 is 11.1 Å². The molecule has 3 N–H and O–H groups in total. The first-order valence-electron chi connectivity index (χ1n) is 5.62. The van der Waals surface area contributed by atoms with Crippen molar-refractivity contribution in [3.63, 3.8) is 0 Å². The fourth-order valence-electron chi connectivity index (χ4n) is 1.48. The molecule has 0 atom stereocenters. The van der Waals surface area contributed by atoms with Gasteiger partial charge in [0, 0.05) is 10.6 Å². The standard InChI is InChI=1S/C12H16ClN5/c1-12(2,3)16-11-15-10(14)18(17-11)9-6-4-8(13)5-7-9/h4-7H,1-3H3,(H3,14,15,16,17). The number of nitrogens with two attached hydrogens (primary N) is 1. The lowest BCUT2D eigenvalue weighted by Crippen LogP contribution is -2.26. The van der Waals surface area contributed by atoms with Crippen molar-refractivity contribution >= 4 is 23.5 Å². The number of benzene rings is 1. The maximum absolute atomic E-state index is 5.85. The zero-order chi connectivity index (χ0) is 13.3. The van der Waals surface area contributed by atoms with E-state index in [1.807, 2.05) is 32.9 Å². The zero-order valence-corrected chi connectivity index (χ0v) is 11.4. The molecule has 0 saturated heterocycles. The molecular formula is C12H16ClN5. The Labute approximate surface area is 111 Å². The van der Waals surface area contributed by atoms with E-state index in [1.165, 1.54) is 0 Å². The van der Waals surface area contributed by atoms with Gasteiger partial charge in [0.15, 0.2) is 0 Å². The van der Waals surface area contributed by atoms with Gasteiger partial charge in [-0.05, 0) is 45.0 Å². The van der Waals surface area contributed by atoms with E-state index in [-0.39, 0.29) is 5.54 Å². The van der Waals surface area contributed by atoms with Crippen LogP contribution in [0.2, 0.25) is 5.02 Å². The maximum atomic E-state index is 5.85. The van der Waals surface area contributed by atoms with Crippen molar-refractivity contribution < 1.29 is 0 Å². The fourth-order valence-corrected chi connectivity index (χ4v) is 1.61. The summed E-state index contributed by atoms with van der Waals surface area (Å²) in [5, 5.41) is 8.17.